The molecule has 0 unspecified atom stereocenters. The molecule has 1 atom stereocenters. The van der Waals surface area contributed by atoms with Gasteiger partial charge in [-0.25, -0.2) is 14.8 Å². The molecule has 0 spiro atoms. The fourth-order valence-corrected chi connectivity index (χ4v) is 5.42. The number of likely N-dealkylation sites (tertiary alicyclic amines) is 1. The lowest BCUT2D eigenvalue weighted by atomic mass is 10.1. The molecule has 0 bridgehead atoms. The first-order chi connectivity index (χ1) is 21.2. The molecule has 3 heterocycles. The molecule has 1 fully saturated rings. The number of carbonyl (C=O) groups is 2. The van der Waals surface area contributed by atoms with Crippen molar-refractivity contribution in [3.8, 4) is 17.0 Å². The third kappa shape index (κ3) is 6.52. The molecule has 5 rings (SSSR count). The summed E-state index contributed by atoms with van der Waals surface area (Å²) in [7, 11) is 5.71. The molecule has 230 valence electrons. The average Bonchev–Trinajstić information content (AvgIpc) is 3.62. The molecule has 2 aromatic carbocycles. The largest absolute Gasteiger partial charge is 0.494 e. The van der Waals surface area contributed by atoms with Crippen molar-refractivity contribution in [2.45, 2.75) is 38.8 Å². The number of amides is 1. The number of aromatic nitrogens is 2. The Bertz CT molecular complexity index is 1680. The molecule has 0 radical (unpaired) electrons. The van der Waals surface area contributed by atoms with Gasteiger partial charge >= 0.3 is 5.97 Å². The number of carbonyl (C=O) groups excluding carboxylic acids is 2. The van der Waals surface area contributed by atoms with Gasteiger partial charge in [-0.2, -0.15) is 0 Å². The molecule has 1 aliphatic heterocycles. The summed E-state index contributed by atoms with van der Waals surface area (Å²) in [6.45, 7) is 9.01. The second-order valence-electron chi connectivity index (χ2n) is 11.1. The third-order valence-corrected chi connectivity index (χ3v) is 7.66. The van der Waals surface area contributed by atoms with Crippen molar-refractivity contribution in [2.75, 3.05) is 49.8 Å². The number of nitrogens with zero attached hydrogens (tertiary/aromatic N) is 4. The van der Waals surface area contributed by atoms with E-state index in [0.29, 0.717) is 40.0 Å². The van der Waals surface area contributed by atoms with Crippen LogP contribution in [0, 0.1) is 0 Å². The number of rotatable bonds is 11. The summed E-state index contributed by atoms with van der Waals surface area (Å²) < 4.78 is 17.0. The first-order valence-corrected chi connectivity index (χ1v) is 14.6. The zero-order valence-electron chi connectivity index (χ0n) is 25.7. The van der Waals surface area contributed by atoms with Gasteiger partial charge in [-0.3, -0.25) is 4.79 Å². The number of fused-ring (bicyclic) bond motifs is 1. The van der Waals surface area contributed by atoms with Crippen LogP contribution in [0.5, 0.6) is 5.75 Å². The third-order valence-electron chi connectivity index (χ3n) is 7.66. The highest BCUT2D eigenvalue weighted by molar-refractivity contribution is 6.03. The standard InChI is InChI=1S/C33H38N6O5/c1-7-30(40)35-25-15-26(29(42-6)16-27(25)39(5)18-21-11-10-14-38(21)4)36-33-34-17-23(32(41)44-20(2)3)31(37-33)24-19-43-28-13-9-8-12-22(24)28/h7-9,12-13,15-17,19-21H,1,10-11,14,18H2,2-6H3,(H,35,40)(H,34,36,37)/t21-/m1/s1. The lowest BCUT2D eigenvalue weighted by molar-refractivity contribution is -0.111. The second kappa shape index (κ2) is 13.2. The van der Waals surface area contributed by atoms with E-state index in [2.05, 4.69) is 39.0 Å². The normalized spacial score (nSPS) is 14.9. The highest BCUT2D eigenvalue weighted by atomic mass is 16.5. The zero-order valence-corrected chi connectivity index (χ0v) is 25.7. The molecule has 2 N–H and O–H groups in total. The second-order valence-corrected chi connectivity index (χ2v) is 11.1. The summed E-state index contributed by atoms with van der Waals surface area (Å²) in [6, 6.07) is 11.6. The number of furan rings is 1. The van der Waals surface area contributed by atoms with Crippen molar-refractivity contribution in [2.24, 2.45) is 0 Å². The fourth-order valence-electron chi connectivity index (χ4n) is 5.42. The topological polar surface area (TPSA) is 122 Å². The van der Waals surface area contributed by atoms with Crippen LogP contribution in [0.15, 0.2) is 65.9 Å². The molecular weight excluding hydrogens is 560 g/mol. The van der Waals surface area contributed by atoms with Gasteiger partial charge in [-0.15, -0.1) is 0 Å². The molecule has 11 nitrogen and oxygen atoms in total. The van der Waals surface area contributed by atoms with Crippen molar-refractivity contribution in [3.05, 3.63) is 67.1 Å². The summed E-state index contributed by atoms with van der Waals surface area (Å²) in [5, 5.41) is 6.95. The van der Waals surface area contributed by atoms with Gasteiger partial charge in [0, 0.05) is 42.8 Å². The fraction of sp³-hybridized carbons (Fsp3) is 0.333. The lowest BCUT2D eigenvalue weighted by Gasteiger charge is -2.29. The molecule has 0 aliphatic carbocycles. The van der Waals surface area contributed by atoms with Gasteiger partial charge in [0.2, 0.25) is 11.9 Å². The number of anilines is 4. The van der Waals surface area contributed by atoms with E-state index in [-0.39, 0.29) is 23.5 Å². The van der Waals surface area contributed by atoms with Crippen LogP contribution in [-0.2, 0) is 9.53 Å². The number of para-hydroxylation sites is 1. The molecule has 1 saturated heterocycles. The lowest BCUT2D eigenvalue weighted by Crippen LogP contribution is -2.37. The molecule has 4 aromatic rings. The maximum Gasteiger partial charge on any atom is 0.342 e. The van der Waals surface area contributed by atoms with Gasteiger partial charge in [0.05, 0.1) is 36.0 Å². The Labute approximate surface area is 256 Å². The number of likely N-dealkylation sites (N-methyl/N-ethyl adjacent to an activating group) is 2. The summed E-state index contributed by atoms with van der Waals surface area (Å²) in [5.74, 6) is -0.156. The Balaban J connectivity index is 1.55. The van der Waals surface area contributed by atoms with Crippen molar-refractivity contribution < 1.29 is 23.5 Å². The van der Waals surface area contributed by atoms with Crippen molar-refractivity contribution in [1.82, 2.24) is 14.9 Å². The van der Waals surface area contributed by atoms with Crippen molar-refractivity contribution in [1.29, 1.82) is 0 Å². The van der Waals surface area contributed by atoms with E-state index in [1.165, 1.54) is 12.3 Å². The number of hydrogen-bond donors (Lipinski definition) is 2. The minimum absolute atomic E-state index is 0.204. The predicted octanol–water partition coefficient (Wildman–Crippen LogP) is 5.86. The van der Waals surface area contributed by atoms with E-state index in [1.807, 2.05) is 37.4 Å². The predicted molar refractivity (Wildman–Crippen MR) is 172 cm³/mol. The van der Waals surface area contributed by atoms with Gasteiger partial charge < -0.3 is 34.3 Å². The first kappa shape index (κ1) is 30.6. The van der Waals surface area contributed by atoms with Crippen molar-refractivity contribution >= 4 is 45.9 Å². The number of esters is 1. The van der Waals surface area contributed by atoms with Gasteiger partial charge in [0.15, 0.2) is 0 Å². The summed E-state index contributed by atoms with van der Waals surface area (Å²) in [5.41, 5.74) is 3.72. The molecule has 0 saturated carbocycles. The van der Waals surface area contributed by atoms with Crippen LogP contribution < -0.4 is 20.3 Å². The Hall–Kier alpha value is -4.90. The van der Waals surface area contributed by atoms with E-state index in [1.54, 1.807) is 33.3 Å². The Kier molecular flexibility index (Phi) is 9.15. The van der Waals surface area contributed by atoms with Crippen LogP contribution in [0.3, 0.4) is 0 Å². The molecule has 1 amide bonds. The number of benzene rings is 2. The number of nitrogens with one attached hydrogen (secondary N) is 2. The molecular formula is C33H38N6O5. The monoisotopic (exact) mass is 598 g/mol. The Morgan fingerprint density at radius 3 is 2.75 bits per heavy atom. The van der Waals surface area contributed by atoms with E-state index < -0.39 is 5.97 Å². The Morgan fingerprint density at radius 2 is 2.05 bits per heavy atom. The van der Waals surface area contributed by atoms with E-state index >= 15 is 0 Å². The van der Waals surface area contributed by atoms with Gasteiger partial charge in [-0.05, 0) is 58.5 Å². The van der Waals surface area contributed by atoms with E-state index in [4.69, 9.17) is 18.9 Å². The first-order valence-electron chi connectivity index (χ1n) is 14.6. The SMILES string of the molecule is C=CC(=O)Nc1cc(Nc2ncc(C(=O)OC(C)C)c(-c3coc4ccccc34)n2)c(OC)cc1N(C)C[C@H]1CCCN1C. The van der Waals surface area contributed by atoms with E-state index in [9.17, 15) is 9.59 Å². The summed E-state index contributed by atoms with van der Waals surface area (Å²) in [4.78, 5) is 39.2. The highest BCUT2D eigenvalue weighted by Gasteiger charge is 2.25. The van der Waals surface area contributed by atoms with Crippen LogP contribution in [0.1, 0.15) is 37.0 Å². The van der Waals surface area contributed by atoms with Crippen LogP contribution in [0.4, 0.5) is 23.0 Å². The molecule has 2 aromatic heterocycles. The van der Waals surface area contributed by atoms with Crippen LogP contribution in [0.25, 0.3) is 22.2 Å². The van der Waals surface area contributed by atoms with Crippen LogP contribution in [0.2, 0.25) is 0 Å². The van der Waals surface area contributed by atoms with Crippen molar-refractivity contribution in [3.63, 3.8) is 0 Å². The van der Waals surface area contributed by atoms with Gasteiger partial charge in [0.25, 0.3) is 0 Å². The molecule has 1 aliphatic rings. The van der Waals surface area contributed by atoms with Crippen LogP contribution >= 0.6 is 0 Å². The number of methoxy groups -OCH3 is 1. The number of hydrogen-bond acceptors (Lipinski definition) is 10. The zero-order chi connectivity index (χ0) is 31.4. The average molecular weight is 599 g/mol. The summed E-state index contributed by atoms with van der Waals surface area (Å²) in [6.07, 6.45) is 6.17. The van der Waals surface area contributed by atoms with Gasteiger partial charge in [0.1, 0.15) is 23.2 Å². The maximum absolute atomic E-state index is 13.1. The molecule has 44 heavy (non-hydrogen) atoms. The van der Waals surface area contributed by atoms with E-state index in [0.717, 1.165) is 37.0 Å². The minimum Gasteiger partial charge on any atom is -0.494 e. The quantitative estimate of drug-likeness (QED) is 0.160. The Morgan fingerprint density at radius 1 is 1.25 bits per heavy atom. The highest BCUT2D eigenvalue weighted by Crippen LogP contribution is 2.39. The maximum atomic E-state index is 13.1. The molecule has 11 heteroatoms. The summed E-state index contributed by atoms with van der Waals surface area (Å²) >= 11 is 0. The smallest absolute Gasteiger partial charge is 0.342 e. The van der Waals surface area contributed by atoms with Gasteiger partial charge in [-0.1, -0.05) is 24.8 Å². The van der Waals surface area contributed by atoms with Crippen LogP contribution in [-0.4, -0.2) is 73.2 Å². The number of ether oxygens (including phenoxy) is 2. The minimum atomic E-state index is -0.542.